The molecule has 1 atom stereocenters. The minimum Gasteiger partial charge on any atom is -0.377 e. The minimum absolute atomic E-state index is 0.203. The van der Waals surface area contributed by atoms with Crippen molar-refractivity contribution in [3.8, 4) is 0 Å². The van der Waals surface area contributed by atoms with Gasteiger partial charge in [-0.25, -0.2) is 0 Å². The van der Waals surface area contributed by atoms with Crippen molar-refractivity contribution in [2.75, 3.05) is 26.3 Å². The highest BCUT2D eigenvalue weighted by Crippen LogP contribution is 2.46. The highest BCUT2D eigenvalue weighted by molar-refractivity contribution is 5.86. The predicted octanol–water partition coefficient (Wildman–Crippen LogP) is -0.0274. The van der Waals surface area contributed by atoms with Crippen LogP contribution in [0.15, 0.2) is 0 Å². The Morgan fingerprint density at radius 3 is 2.86 bits per heavy atom. The number of amides is 1. The third-order valence-corrected chi connectivity index (χ3v) is 3.33. The van der Waals surface area contributed by atoms with Crippen LogP contribution in [0.2, 0.25) is 0 Å². The molecule has 4 heteroatoms. The van der Waals surface area contributed by atoms with Gasteiger partial charge in [0.25, 0.3) is 0 Å². The van der Waals surface area contributed by atoms with Gasteiger partial charge in [0.05, 0.1) is 24.7 Å². The number of hydrogen-bond donors (Lipinski definition) is 1. The first-order valence-electron chi connectivity index (χ1n) is 5.28. The Balaban J connectivity index is 2.03. The molecule has 0 aromatic heterocycles. The van der Waals surface area contributed by atoms with Crippen LogP contribution in [0.1, 0.15) is 19.8 Å². The fraction of sp³-hybridized carbons (Fsp3) is 0.900. The van der Waals surface area contributed by atoms with Crippen molar-refractivity contribution in [3.63, 3.8) is 0 Å². The van der Waals surface area contributed by atoms with Crippen LogP contribution >= 0.6 is 0 Å². The molecule has 2 fully saturated rings. The maximum Gasteiger partial charge on any atom is 0.230 e. The summed E-state index contributed by atoms with van der Waals surface area (Å²) < 4.78 is 5.30. The van der Waals surface area contributed by atoms with Gasteiger partial charge in [0, 0.05) is 13.1 Å². The molecule has 14 heavy (non-hydrogen) atoms. The van der Waals surface area contributed by atoms with Crippen molar-refractivity contribution in [1.82, 2.24) is 4.90 Å². The van der Waals surface area contributed by atoms with Gasteiger partial charge in [0.1, 0.15) is 0 Å². The Hall–Kier alpha value is -0.610. The van der Waals surface area contributed by atoms with Gasteiger partial charge in [-0.15, -0.1) is 0 Å². The molecule has 0 aromatic carbocycles. The number of hydrogen-bond acceptors (Lipinski definition) is 3. The quantitative estimate of drug-likeness (QED) is 0.678. The third kappa shape index (κ3) is 1.53. The highest BCUT2D eigenvalue weighted by atomic mass is 16.5. The average molecular weight is 198 g/mol. The van der Waals surface area contributed by atoms with Crippen LogP contribution in [0, 0.1) is 5.41 Å². The number of ether oxygens (including phenoxy) is 1. The van der Waals surface area contributed by atoms with E-state index < -0.39 is 0 Å². The second-order valence-electron chi connectivity index (χ2n) is 4.41. The second-order valence-corrected chi connectivity index (χ2v) is 4.41. The summed E-state index contributed by atoms with van der Waals surface area (Å²) >= 11 is 0. The second kappa shape index (κ2) is 3.51. The molecule has 0 bridgehead atoms. The molecule has 1 saturated heterocycles. The molecule has 0 radical (unpaired) electrons. The molecular formula is C10H18N2O2. The number of carbonyl (C=O) groups is 1. The largest absolute Gasteiger partial charge is 0.377 e. The van der Waals surface area contributed by atoms with E-state index >= 15 is 0 Å². The van der Waals surface area contributed by atoms with Gasteiger partial charge in [-0.1, -0.05) is 0 Å². The van der Waals surface area contributed by atoms with Crippen molar-refractivity contribution in [2.24, 2.45) is 11.1 Å². The summed E-state index contributed by atoms with van der Waals surface area (Å²) in [6.45, 7) is 4.57. The van der Waals surface area contributed by atoms with Crippen LogP contribution < -0.4 is 5.73 Å². The van der Waals surface area contributed by atoms with Gasteiger partial charge < -0.3 is 15.4 Å². The normalized spacial score (nSPS) is 30.1. The molecule has 2 aliphatic rings. The monoisotopic (exact) mass is 198 g/mol. The van der Waals surface area contributed by atoms with Gasteiger partial charge >= 0.3 is 0 Å². The smallest absolute Gasteiger partial charge is 0.230 e. The summed E-state index contributed by atoms with van der Waals surface area (Å²) in [5, 5.41) is 0. The maximum absolute atomic E-state index is 12.1. The lowest BCUT2D eigenvalue weighted by Crippen LogP contribution is -2.51. The van der Waals surface area contributed by atoms with Gasteiger partial charge in [-0.05, 0) is 19.8 Å². The molecule has 1 aliphatic carbocycles. The topological polar surface area (TPSA) is 55.6 Å². The molecule has 80 valence electrons. The first kappa shape index (κ1) is 9.93. The van der Waals surface area contributed by atoms with Crippen molar-refractivity contribution in [1.29, 1.82) is 0 Å². The summed E-state index contributed by atoms with van der Waals surface area (Å²) in [6, 6.07) is 0.209. The van der Waals surface area contributed by atoms with Crippen LogP contribution in [-0.4, -0.2) is 43.2 Å². The van der Waals surface area contributed by atoms with E-state index in [1.54, 1.807) is 0 Å². The minimum atomic E-state index is -0.203. The van der Waals surface area contributed by atoms with E-state index in [0.717, 1.165) is 19.4 Å². The van der Waals surface area contributed by atoms with E-state index in [4.69, 9.17) is 10.5 Å². The first-order valence-corrected chi connectivity index (χ1v) is 5.28. The maximum atomic E-state index is 12.1. The lowest BCUT2D eigenvalue weighted by molar-refractivity contribution is -0.144. The zero-order chi connectivity index (χ0) is 10.2. The highest BCUT2D eigenvalue weighted by Gasteiger charge is 2.51. The van der Waals surface area contributed by atoms with Crippen LogP contribution in [0.5, 0.6) is 0 Å². The van der Waals surface area contributed by atoms with Gasteiger partial charge in [-0.3, -0.25) is 4.79 Å². The van der Waals surface area contributed by atoms with Crippen LogP contribution in [0.3, 0.4) is 0 Å². The summed E-state index contributed by atoms with van der Waals surface area (Å²) in [7, 11) is 0. The summed E-state index contributed by atoms with van der Waals surface area (Å²) in [4.78, 5) is 14.0. The van der Waals surface area contributed by atoms with Gasteiger partial charge in [0.2, 0.25) is 5.91 Å². The lowest BCUT2D eigenvalue weighted by Gasteiger charge is -2.35. The Kier molecular flexibility index (Phi) is 2.49. The lowest BCUT2D eigenvalue weighted by atomic mass is 10.0. The molecule has 1 saturated carbocycles. The Bertz CT molecular complexity index is 238. The molecule has 0 aromatic rings. The Labute approximate surface area is 84.4 Å². The molecule has 1 aliphatic heterocycles. The number of rotatable bonds is 2. The fourth-order valence-corrected chi connectivity index (χ4v) is 1.99. The molecule has 0 spiro atoms. The number of nitrogens with zero attached hydrogens (tertiary/aromatic N) is 1. The average Bonchev–Trinajstić information content (AvgIpc) is 2.98. The Morgan fingerprint density at radius 2 is 2.36 bits per heavy atom. The molecule has 2 N–H and O–H groups in total. The van der Waals surface area contributed by atoms with Crippen LogP contribution in [0.25, 0.3) is 0 Å². The van der Waals surface area contributed by atoms with E-state index in [-0.39, 0.29) is 17.4 Å². The number of carbonyl (C=O) groups excluding carboxylic acids is 1. The third-order valence-electron chi connectivity index (χ3n) is 3.33. The molecular weight excluding hydrogens is 180 g/mol. The SMILES string of the molecule is CC1COCCN1C(=O)C1(CN)CC1. The fourth-order valence-electron chi connectivity index (χ4n) is 1.99. The Morgan fingerprint density at radius 1 is 1.64 bits per heavy atom. The van der Waals surface area contributed by atoms with Gasteiger partial charge in [-0.2, -0.15) is 0 Å². The summed E-state index contributed by atoms with van der Waals surface area (Å²) in [5.41, 5.74) is 5.44. The standard InChI is InChI=1S/C10H18N2O2/c1-8-6-14-5-4-12(8)9(13)10(7-11)2-3-10/h8H,2-7,11H2,1H3. The van der Waals surface area contributed by atoms with E-state index in [1.165, 1.54) is 0 Å². The van der Waals surface area contributed by atoms with E-state index in [0.29, 0.717) is 19.8 Å². The zero-order valence-electron chi connectivity index (χ0n) is 8.66. The predicted molar refractivity (Wildman–Crippen MR) is 52.7 cm³/mol. The van der Waals surface area contributed by atoms with Crippen molar-refractivity contribution in [2.45, 2.75) is 25.8 Å². The van der Waals surface area contributed by atoms with Gasteiger partial charge in [0.15, 0.2) is 0 Å². The number of morpholine rings is 1. The van der Waals surface area contributed by atoms with E-state index in [1.807, 2.05) is 11.8 Å². The molecule has 1 amide bonds. The van der Waals surface area contributed by atoms with Crippen molar-refractivity contribution >= 4 is 5.91 Å². The molecule has 2 rings (SSSR count). The first-order chi connectivity index (χ1) is 6.69. The summed E-state index contributed by atoms with van der Waals surface area (Å²) in [5.74, 6) is 0.246. The molecule has 4 nitrogen and oxygen atoms in total. The van der Waals surface area contributed by atoms with Crippen molar-refractivity contribution < 1.29 is 9.53 Å². The van der Waals surface area contributed by atoms with E-state index in [9.17, 15) is 4.79 Å². The zero-order valence-corrected chi connectivity index (χ0v) is 8.66. The van der Waals surface area contributed by atoms with Crippen LogP contribution in [0.4, 0.5) is 0 Å². The molecule has 1 heterocycles. The number of nitrogens with two attached hydrogens (primary N) is 1. The molecule has 1 unspecified atom stereocenters. The van der Waals surface area contributed by atoms with Crippen molar-refractivity contribution in [3.05, 3.63) is 0 Å². The van der Waals surface area contributed by atoms with E-state index in [2.05, 4.69) is 0 Å². The summed E-state index contributed by atoms with van der Waals surface area (Å²) in [6.07, 6.45) is 1.93. The van der Waals surface area contributed by atoms with Crippen LogP contribution in [-0.2, 0) is 9.53 Å².